The molecule has 3 nitrogen and oxygen atoms in total. The zero-order valence-corrected chi connectivity index (χ0v) is 11.2. The number of aryl methyl sites for hydroxylation is 3. The van der Waals surface area contributed by atoms with E-state index in [2.05, 4.69) is 38.1 Å². The Morgan fingerprint density at radius 2 is 1.89 bits per heavy atom. The zero-order chi connectivity index (χ0) is 12.7. The molecule has 0 N–H and O–H groups in total. The molecule has 0 spiro atoms. The van der Waals surface area contributed by atoms with E-state index in [1.165, 1.54) is 22.3 Å². The third-order valence-corrected chi connectivity index (χ3v) is 3.81. The van der Waals surface area contributed by atoms with Gasteiger partial charge in [-0.15, -0.1) is 0 Å². The van der Waals surface area contributed by atoms with Crippen molar-refractivity contribution in [2.45, 2.75) is 39.9 Å². The third-order valence-electron chi connectivity index (χ3n) is 3.81. The van der Waals surface area contributed by atoms with Crippen LogP contribution in [0, 0.1) is 26.7 Å². The van der Waals surface area contributed by atoms with E-state index in [0.717, 1.165) is 25.2 Å². The summed E-state index contributed by atoms with van der Waals surface area (Å²) >= 11 is 0. The number of oxime groups is 1. The number of hydrogen-bond donors (Lipinski definition) is 0. The standard InChI is InChI=1S/C15H19NO2/c1-9-7-10(2)13(11(3)8-9)14-12-5-4-6-17-15(12)18-16-14/h7-8,12,15H,4-6H2,1-3H3. The van der Waals surface area contributed by atoms with Gasteiger partial charge in [0.25, 0.3) is 0 Å². The Balaban J connectivity index is 2.00. The maximum Gasteiger partial charge on any atom is 0.235 e. The maximum atomic E-state index is 5.62. The molecule has 1 aromatic carbocycles. The number of benzene rings is 1. The van der Waals surface area contributed by atoms with Gasteiger partial charge in [-0.1, -0.05) is 22.9 Å². The Bertz CT molecular complexity index is 484. The molecule has 0 aromatic heterocycles. The van der Waals surface area contributed by atoms with Crippen LogP contribution in [0.1, 0.15) is 35.1 Å². The Kier molecular flexibility index (Phi) is 2.86. The van der Waals surface area contributed by atoms with Gasteiger partial charge in [0, 0.05) is 5.56 Å². The molecule has 3 heteroatoms. The van der Waals surface area contributed by atoms with Crippen LogP contribution in [0.25, 0.3) is 0 Å². The maximum absolute atomic E-state index is 5.62. The van der Waals surface area contributed by atoms with Gasteiger partial charge in [0.2, 0.25) is 6.29 Å². The summed E-state index contributed by atoms with van der Waals surface area (Å²) in [6.45, 7) is 7.21. The van der Waals surface area contributed by atoms with Crippen molar-refractivity contribution in [2.24, 2.45) is 11.1 Å². The first-order chi connectivity index (χ1) is 8.66. The van der Waals surface area contributed by atoms with Crippen molar-refractivity contribution in [1.82, 2.24) is 0 Å². The SMILES string of the molecule is Cc1cc(C)c(C2=NOC3OCCCC23)c(C)c1. The number of nitrogens with zero attached hydrogens (tertiary/aromatic N) is 1. The van der Waals surface area contributed by atoms with Gasteiger partial charge in [0.15, 0.2) is 0 Å². The summed E-state index contributed by atoms with van der Waals surface area (Å²) < 4.78 is 5.62. The lowest BCUT2D eigenvalue weighted by Crippen LogP contribution is -2.31. The highest BCUT2D eigenvalue weighted by molar-refractivity contribution is 6.05. The van der Waals surface area contributed by atoms with Crippen LogP contribution in [0.2, 0.25) is 0 Å². The Morgan fingerprint density at radius 1 is 1.17 bits per heavy atom. The summed E-state index contributed by atoms with van der Waals surface area (Å²) in [4.78, 5) is 5.43. The van der Waals surface area contributed by atoms with E-state index in [9.17, 15) is 0 Å². The average Bonchev–Trinajstić information content (AvgIpc) is 2.72. The van der Waals surface area contributed by atoms with Crippen molar-refractivity contribution < 1.29 is 9.57 Å². The second-order valence-electron chi connectivity index (χ2n) is 5.34. The van der Waals surface area contributed by atoms with Crippen molar-refractivity contribution in [3.05, 3.63) is 34.4 Å². The predicted octanol–water partition coefficient (Wildman–Crippen LogP) is 3.10. The molecule has 0 saturated carbocycles. The van der Waals surface area contributed by atoms with Gasteiger partial charge in [-0.2, -0.15) is 0 Å². The highest BCUT2D eigenvalue weighted by Gasteiger charge is 2.38. The van der Waals surface area contributed by atoms with Crippen molar-refractivity contribution in [1.29, 1.82) is 0 Å². The molecule has 1 saturated heterocycles. The van der Waals surface area contributed by atoms with Gasteiger partial charge in [-0.25, -0.2) is 0 Å². The normalized spacial score (nSPS) is 26.5. The topological polar surface area (TPSA) is 30.8 Å². The molecule has 2 unspecified atom stereocenters. The molecular formula is C15H19NO2. The monoisotopic (exact) mass is 245 g/mol. The summed E-state index contributed by atoms with van der Waals surface area (Å²) in [6.07, 6.45) is 2.04. The van der Waals surface area contributed by atoms with E-state index in [1.54, 1.807) is 0 Å². The second kappa shape index (κ2) is 4.39. The Hall–Kier alpha value is -1.35. The summed E-state index contributed by atoms with van der Waals surface area (Å²) in [7, 11) is 0. The highest BCUT2D eigenvalue weighted by Crippen LogP contribution is 2.33. The molecule has 2 atom stereocenters. The quantitative estimate of drug-likeness (QED) is 0.761. The summed E-state index contributed by atoms with van der Waals surface area (Å²) in [5, 5.41) is 4.29. The van der Waals surface area contributed by atoms with Crippen molar-refractivity contribution in [2.75, 3.05) is 6.61 Å². The molecule has 0 bridgehead atoms. The largest absolute Gasteiger partial charge is 0.363 e. The molecule has 18 heavy (non-hydrogen) atoms. The number of fused-ring (bicyclic) bond motifs is 1. The van der Waals surface area contributed by atoms with Crippen LogP contribution < -0.4 is 0 Å². The fourth-order valence-corrected chi connectivity index (χ4v) is 3.12. The van der Waals surface area contributed by atoms with Crippen LogP contribution in [0.4, 0.5) is 0 Å². The minimum Gasteiger partial charge on any atom is -0.363 e. The van der Waals surface area contributed by atoms with Crippen LogP contribution in [0.5, 0.6) is 0 Å². The van der Waals surface area contributed by atoms with E-state index in [4.69, 9.17) is 9.57 Å². The van der Waals surface area contributed by atoms with Crippen LogP contribution in [-0.4, -0.2) is 18.6 Å². The Morgan fingerprint density at radius 3 is 2.61 bits per heavy atom. The lowest BCUT2D eigenvalue weighted by Gasteiger charge is -2.24. The minimum atomic E-state index is -0.158. The second-order valence-corrected chi connectivity index (χ2v) is 5.34. The first-order valence-electron chi connectivity index (χ1n) is 6.60. The molecular weight excluding hydrogens is 226 g/mol. The fourth-order valence-electron chi connectivity index (χ4n) is 3.12. The molecule has 1 aromatic rings. The summed E-state index contributed by atoms with van der Waals surface area (Å²) in [5.74, 6) is 0.304. The van der Waals surface area contributed by atoms with Gasteiger partial charge in [0.05, 0.1) is 18.2 Å². The highest BCUT2D eigenvalue weighted by atomic mass is 16.8. The van der Waals surface area contributed by atoms with Crippen molar-refractivity contribution in [3.63, 3.8) is 0 Å². The van der Waals surface area contributed by atoms with Gasteiger partial charge in [-0.3, -0.25) is 0 Å². The molecule has 1 fully saturated rings. The van der Waals surface area contributed by atoms with Crippen LogP contribution in [0.3, 0.4) is 0 Å². The van der Waals surface area contributed by atoms with E-state index >= 15 is 0 Å². The number of rotatable bonds is 1. The average molecular weight is 245 g/mol. The summed E-state index contributed by atoms with van der Waals surface area (Å²) in [5.41, 5.74) is 6.18. The molecule has 2 aliphatic heterocycles. The third kappa shape index (κ3) is 1.83. The zero-order valence-electron chi connectivity index (χ0n) is 11.2. The van der Waals surface area contributed by atoms with Crippen LogP contribution in [-0.2, 0) is 9.57 Å². The molecule has 0 aliphatic carbocycles. The Labute approximate surface area is 108 Å². The lowest BCUT2D eigenvalue weighted by atomic mass is 9.86. The number of ether oxygens (including phenoxy) is 1. The minimum absolute atomic E-state index is 0.158. The predicted molar refractivity (Wildman–Crippen MR) is 70.7 cm³/mol. The molecule has 0 radical (unpaired) electrons. The molecule has 3 rings (SSSR count). The fraction of sp³-hybridized carbons (Fsp3) is 0.533. The van der Waals surface area contributed by atoms with Crippen LogP contribution >= 0.6 is 0 Å². The lowest BCUT2D eigenvalue weighted by molar-refractivity contribution is -0.162. The molecule has 0 amide bonds. The van der Waals surface area contributed by atoms with E-state index in [1.807, 2.05) is 0 Å². The van der Waals surface area contributed by atoms with Crippen LogP contribution in [0.15, 0.2) is 17.3 Å². The molecule has 96 valence electrons. The molecule has 2 aliphatic rings. The van der Waals surface area contributed by atoms with Gasteiger partial charge in [0.1, 0.15) is 0 Å². The van der Waals surface area contributed by atoms with Gasteiger partial charge < -0.3 is 9.57 Å². The van der Waals surface area contributed by atoms with Gasteiger partial charge >= 0.3 is 0 Å². The number of hydrogen-bond acceptors (Lipinski definition) is 3. The van der Waals surface area contributed by atoms with E-state index < -0.39 is 0 Å². The first kappa shape index (κ1) is 11.7. The van der Waals surface area contributed by atoms with Crippen molar-refractivity contribution >= 4 is 5.71 Å². The van der Waals surface area contributed by atoms with Crippen molar-refractivity contribution in [3.8, 4) is 0 Å². The van der Waals surface area contributed by atoms with Gasteiger partial charge in [-0.05, 0) is 44.7 Å². The smallest absolute Gasteiger partial charge is 0.235 e. The van der Waals surface area contributed by atoms with E-state index in [0.29, 0.717) is 5.92 Å². The van der Waals surface area contributed by atoms with E-state index in [-0.39, 0.29) is 6.29 Å². The summed E-state index contributed by atoms with van der Waals surface area (Å²) in [6, 6.07) is 4.42. The first-order valence-corrected chi connectivity index (χ1v) is 6.60. The molecule has 2 heterocycles.